The highest BCUT2D eigenvalue weighted by Gasteiger charge is 2.30. The molecule has 0 aliphatic carbocycles. The highest BCUT2D eigenvalue weighted by atomic mass is 31.2. The minimum atomic E-state index is -4.95. The van der Waals surface area contributed by atoms with E-state index in [1.165, 1.54) is 141 Å². The van der Waals surface area contributed by atoms with Crippen molar-refractivity contribution < 1.29 is 80.2 Å². The number of phosphoric acid groups is 2. The fourth-order valence-corrected chi connectivity index (χ4v) is 11.6. The minimum Gasteiger partial charge on any atom is -0.462 e. The lowest BCUT2D eigenvalue weighted by Crippen LogP contribution is -2.30. The molecular weight excluding hydrogens is 1140 g/mol. The molecule has 19 heteroatoms. The van der Waals surface area contributed by atoms with Gasteiger partial charge in [-0.05, 0) is 37.5 Å². The fraction of sp³-hybridized carbons (Fsp3) is 0.940. The molecule has 0 fully saturated rings. The molecule has 0 radical (unpaired) electrons. The predicted molar refractivity (Wildman–Crippen MR) is 345 cm³/mol. The van der Waals surface area contributed by atoms with E-state index in [0.717, 1.165) is 115 Å². The molecular formula is C67H130O17P2. The van der Waals surface area contributed by atoms with Crippen LogP contribution in [0.4, 0.5) is 0 Å². The molecule has 0 bridgehead atoms. The molecule has 0 amide bonds. The Hall–Kier alpha value is -1.94. The summed E-state index contributed by atoms with van der Waals surface area (Å²) in [6.07, 6.45) is 43.1. The average Bonchev–Trinajstić information content (AvgIpc) is 3.49. The Kier molecular flexibility index (Phi) is 58.0. The summed E-state index contributed by atoms with van der Waals surface area (Å²) in [5.41, 5.74) is 0. The third-order valence-corrected chi connectivity index (χ3v) is 17.4. The van der Waals surface area contributed by atoms with Gasteiger partial charge in [0.1, 0.15) is 19.3 Å². The van der Waals surface area contributed by atoms with E-state index in [9.17, 15) is 43.2 Å². The van der Waals surface area contributed by atoms with Crippen LogP contribution in [0.2, 0.25) is 0 Å². The maximum absolute atomic E-state index is 13.0. The summed E-state index contributed by atoms with van der Waals surface area (Å²) in [7, 11) is -9.89. The topological polar surface area (TPSA) is 237 Å². The zero-order valence-electron chi connectivity index (χ0n) is 55.6. The number of aliphatic hydroxyl groups excluding tert-OH is 1. The molecule has 0 aliphatic heterocycles. The normalized spacial score (nSPS) is 14.2. The molecule has 0 heterocycles. The van der Waals surface area contributed by atoms with Gasteiger partial charge in [0.25, 0.3) is 0 Å². The number of unbranched alkanes of at least 4 members (excludes halogenated alkanes) is 36. The molecule has 0 rings (SSSR count). The Bertz CT molecular complexity index is 1680. The van der Waals surface area contributed by atoms with Crippen LogP contribution in [0.1, 0.15) is 337 Å². The summed E-state index contributed by atoms with van der Waals surface area (Å²) >= 11 is 0. The summed E-state index contributed by atoms with van der Waals surface area (Å²) in [6, 6.07) is 0. The van der Waals surface area contributed by atoms with Gasteiger partial charge in [-0.1, -0.05) is 286 Å². The Labute approximate surface area is 524 Å². The van der Waals surface area contributed by atoms with Gasteiger partial charge in [-0.2, -0.15) is 0 Å². The van der Waals surface area contributed by atoms with Gasteiger partial charge in [0.2, 0.25) is 0 Å². The molecule has 3 N–H and O–H groups in total. The summed E-state index contributed by atoms with van der Waals surface area (Å²) in [6.45, 7) is 9.46. The van der Waals surface area contributed by atoms with Crippen LogP contribution in [0.15, 0.2) is 0 Å². The first kappa shape index (κ1) is 84.1. The second-order valence-corrected chi connectivity index (χ2v) is 28.1. The van der Waals surface area contributed by atoms with Gasteiger partial charge in [0.15, 0.2) is 12.2 Å². The summed E-state index contributed by atoms with van der Waals surface area (Å²) in [5.74, 6) is -0.630. The van der Waals surface area contributed by atoms with Gasteiger partial charge in [0, 0.05) is 25.7 Å². The molecule has 0 aromatic rings. The van der Waals surface area contributed by atoms with E-state index >= 15 is 0 Å². The zero-order valence-corrected chi connectivity index (χ0v) is 57.4. The first-order valence-electron chi connectivity index (χ1n) is 35.0. The lowest BCUT2D eigenvalue weighted by molar-refractivity contribution is -0.161. The van der Waals surface area contributed by atoms with E-state index in [2.05, 4.69) is 41.5 Å². The Morgan fingerprint density at radius 1 is 0.314 bits per heavy atom. The maximum Gasteiger partial charge on any atom is 0.472 e. The number of hydrogen-bond donors (Lipinski definition) is 3. The van der Waals surface area contributed by atoms with Crippen LogP contribution in [0.5, 0.6) is 0 Å². The number of ether oxygens (including phenoxy) is 4. The van der Waals surface area contributed by atoms with Crippen LogP contribution in [-0.4, -0.2) is 96.7 Å². The second-order valence-electron chi connectivity index (χ2n) is 25.2. The van der Waals surface area contributed by atoms with E-state index in [4.69, 9.17) is 37.0 Å². The van der Waals surface area contributed by atoms with Crippen LogP contribution in [0, 0.1) is 11.8 Å². The Balaban J connectivity index is 5.22. The van der Waals surface area contributed by atoms with E-state index < -0.39 is 97.5 Å². The van der Waals surface area contributed by atoms with Gasteiger partial charge in [-0.15, -0.1) is 0 Å². The lowest BCUT2D eigenvalue weighted by atomic mass is 10.0. The molecule has 0 saturated heterocycles. The number of carbonyl (C=O) groups is 4. The molecule has 0 aromatic heterocycles. The number of hydrogen-bond acceptors (Lipinski definition) is 15. The van der Waals surface area contributed by atoms with Crippen molar-refractivity contribution in [1.82, 2.24) is 0 Å². The van der Waals surface area contributed by atoms with E-state index in [1.54, 1.807) is 0 Å². The third-order valence-electron chi connectivity index (χ3n) is 15.5. The van der Waals surface area contributed by atoms with Crippen molar-refractivity contribution in [3.63, 3.8) is 0 Å². The van der Waals surface area contributed by atoms with Crippen LogP contribution >= 0.6 is 15.6 Å². The van der Waals surface area contributed by atoms with Gasteiger partial charge in [0.05, 0.1) is 26.4 Å². The number of esters is 4. The van der Waals surface area contributed by atoms with Crippen LogP contribution in [0.3, 0.4) is 0 Å². The SMILES string of the molecule is CCCCCCCCCCCCCCCC(=O)OC[C@H](COP(=O)(O)OC[C@@H](O)COP(=O)(O)OC[C@@H](COC(=O)CCCCCCCCC)OC(=O)CCCCCCCCCCCC(C)C)OC(=O)CCCCCCCCCCCCCC(C)C. The standard InChI is InChI=1S/C67H130O17P2/c1-7-9-11-13-15-16-17-18-21-26-32-38-44-50-65(70)78-56-63(84-66(71)51-45-39-33-27-22-19-20-24-30-35-41-47-59(3)4)58-82-86(75,76)80-54-61(68)53-79-85(73,74)81-57-62(55-77-64(69)49-43-37-29-14-12-10-8-2)83-67(72)52-46-40-34-28-23-25-31-36-42-48-60(5)6/h59-63,68H,7-58H2,1-6H3,(H,73,74)(H,75,76)/t61-,62+,63+/m0/s1. The van der Waals surface area contributed by atoms with Crippen LogP contribution < -0.4 is 0 Å². The molecule has 86 heavy (non-hydrogen) atoms. The van der Waals surface area contributed by atoms with E-state index in [1.807, 2.05) is 0 Å². The van der Waals surface area contributed by atoms with Crippen molar-refractivity contribution in [3.8, 4) is 0 Å². The molecule has 0 aromatic carbocycles. The van der Waals surface area contributed by atoms with Crippen molar-refractivity contribution in [2.75, 3.05) is 39.6 Å². The van der Waals surface area contributed by atoms with Gasteiger partial charge >= 0.3 is 39.5 Å². The van der Waals surface area contributed by atoms with E-state index in [0.29, 0.717) is 25.7 Å². The lowest BCUT2D eigenvalue weighted by Gasteiger charge is -2.21. The van der Waals surface area contributed by atoms with Crippen molar-refractivity contribution in [1.29, 1.82) is 0 Å². The molecule has 0 aliphatic rings. The molecule has 510 valence electrons. The summed E-state index contributed by atoms with van der Waals surface area (Å²) in [5, 5.41) is 10.6. The largest absolute Gasteiger partial charge is 0.472 e. The Morgan fingerprint density at radius 2 is 0.535 bits per heavy atom. The smallest absolute Gasteiger partial charge is 0.462 e. The first-order chi connectivity index (χ1) is 41.4. The monoisotopic (exact) mass is 1270 g/mol. The highest BCUT2D eigenvalue weighted by molar-refractivity contribution is 7.47. The van der Waals surface area contributed by atoms with Gasteiger partial charge in [-0.25, -0.2) is 9.13 Å². The van der Waals surface area contributed by atoms with Crippen molar-refractivity contribution in [2.24, 2.45) is 11.8 Å². The number of phosphoric ester groups is 2. The number of aliphatic hydroxyl groups is 1. The van der Waals surface area contributed by atoms with Crippen molar-refractivity contribution in [2.45, 2.75) is 355 Å². The minimum absolute atomic E-state index is 0.105. The van der Waals surface area contributed by atoms with Crippen molar-refractivity contribution in [3.05, 3.63) is 0 Å². The number of rotatable bonds is 66. The van der Waals surface area contributed by atoms with Crippen LogP contribution in [-0.2, 0) is 65.4 Å². The molecule has 0 spiro atoms. The number of carbonyl (C=O) groups excluding carboxylic acids is 4. The Morgan fingerprint density at radius 3 is 0.791 bits per heavy atom. The van der Waals surface area contributed by atoms with Crippen molar-refractivity contribution >= 4 is 39.5 Å². The zero-order chi connectivity index (χ0) is 63.6. The third kappa shape index (κ3) is 60.9. The molecule has 5 atom stereocenters. The summed E-state index contributed by atoms with van der Waals surface area (Å²) in [4.78, 5) is 72.3. The average molecular weight is 1270 g/mol. The first-order valence-corrected chi connectivity index (χ1v) is 38.0. The fourth-order valence-electron chi connectivity index (χ4n) is 10.1. The van der Waals surface area contributed by atoms with Crippen LogP contribution in [0.25, 0.3) is 0 Å². The molecule has 17 nitrogen and oxygen atoms in total. The predicted octanol–water partition coefficient (Wildman–Crippen LogP) is 18.8. The molecule has 2 unspecified atom stereocenters. The maximum atomic E-state index is 13.0. The molecule has 0 saturated carbocycles. The van der Waals surface area contributed by atoms with Gasteiger partial charge in [-0.3, -0.25) is 37.3 Å². The highest BCUT2D eigenvalue weighted by Crippen LogP contribution is 2.45. The van der Waals surface area contributed by atoms with Gasteiger partial charge < -0.3 is 33.8 Å². The quantitative estimate of drug-likeness (QED) is 0.0222. The van der Waals surface area contributed by atoms with E-state index in [-0.39, 0.29) is 25.7 Å². The second kappa shape index (κ2) is 59.4. The summed E-state index contributed by atoms with van der Waals surface area (Å²) < 4.78 is 68.1.